The van der Waals surface area contributed by atoms with Gasteiger partial charge in [0.2, 0.25) is 5.43 Å². The normalized spacial score (nSPS) is 19.8. The fourth-order valence-corrected chi connectivity index (χ4v) is 6.92. The molecule has 0 radical (unpaired) electrons. The molecule has 6 rings (SSSR count). The minimum absolute atomic E-state index is 0.0495. The number of hydrogen-bond donors (Lipinski definition) is 4. The first kappa shape index (κ1) is 25.8. The van der Waals surface area contributed by atoms with E-state index in [1.807, 2.05) is 27.8 Å². The van der Waals surface area contributed by atoms with Gasteiger partial charge in [-0.25, -0.2) is 4.98 Å². The maximum Gasteiger partial charge on any atom is 0.269 e. The van der Waals surface area contributed by atoms with Crippen molar-refractivity contribution >= 4 is 61.1 Å². The first-order chi connectivity index (χ1) is 19.0. The number of pyridine rings is 1. The molecule has 0 bridgehead atoms. The van der Waals surface area contributed by atoms with Crippen LogP contribution >= 0.6 is 22.7 Å². The second-order valence-corrected chi connectivity index (χ2v) is 11.8. The molecule has 2 aliphatic rings. The zero-order chi connectivity index (χ0) is 26.9. The largest absolute Gasteiger partial charge is 0.439 e. The Balaban J connectivity index is 1.28. The molecule has 0 aromatic carbocycles. The number of primary amides is 1. The summed E-state index contributed by atoms with van der Waals surface area (Å²) in [5.74, 6) is -0.0391. The molecule has 0 spiro atoms. The maximum absolute atomic E-state index is 12.9. The molecular formula is C27H31N6O4S2+. The fraction of sp³-hybridized carbons (Fsp3) is 0.370. The van der Waals surface area contributed by atoms with Crippen molar-refractivity contribution in [3.63, 3.8) is 0 Å². The lowest BCUT2D eigenvalue weighted by molar-refractivity contribution is -0.427. The third-order valence-corrected chi connectivity index (χ3v) is 9.13. The highest BCUT2D eigenvalue weighted by molar-refractivity contribution is 7.17. The van der Waals surface area contributed by atoms with Crippen molar-refractivity contribution in [2.45, 2.75) is 37.8 Å². The van der Waals surface area contributed by atoms with Crippen LogP contribution in [0.2, 0.25) is 0 Å². The summed E-state index contributed by atoms with van der Waals surface area (Å²) in [4.78, 5) is 31.4. The molecule has 39 heavy (non-hydrogen) atoms. The molecule has 1 aliphatic carbocycles. The molecule has 12 heteroatoms. The molecule has 1 saturated heterocycles. The Morgan fingerprint density at radius 3 is 2.74 bits per heavy atom. The van der Waals surface area contributed by atoms with Crippen LogP contribution in [0.4, 0.5) is 22.3 Å². The number of aromatic nitrogens is 1. The van der Waals surface area contributed by atoms with Gasteiger partial charge in [0.15, 0.2) is 17.2 Å². The van der Waals surface area contributed by atoms with Gasteiger partial charge in [-0.3, -0.25) is 9.59 Å². The van der Waals surface area contributed by atoms with Crippen LogP contribution in [-0.2, 0) is 4.74 Å². The van der Waals surface area contributed by atoms with E-state index >= 15 is 0 Å². The molecule has 1 aliphatic heterocycles. The SMILES string of the molecule is NC(=O)c1ncc(N[C@H]2CCCC[C@H]2[NH3+])cc1Nc1cc(-c2csc3c(=O)cc(N4CCOCC4)oc23)cs1. The molecule has 10 nitrogen and oxygen atoms in total. The Morgan fingerprint density at radius 2 is 1.95 bits per heavy atom. The van der Waals surface area contributed by atoms with Crippen molar-refractivity contribution in [3.05, 3.63) is 51.1 Å². The van der Waals surface area contributed by atoms with Gasteiger partial charge in [0.1, 0.15) is 10.7 Å². The van der Waals surface area contributed by atoms with Crippen LogP contribution < -0.4 is 32.4 Å². The average Bonchev–Trinajstić information content (AvgIpc) is 3.58. The van der Waals surface area contributed by atoms with Crippen LogP contribution in [0.25, 0.3) is 21.4 Å². The number of rotatable bonds is 7. The van der Waals surface area contributed by atoms with Gasteiger partial charge in [0, 0.05) is 41.9 Å². The zero-order valence-electron chi connectivity index (χ0n) is 21.4. The Hall–Kier alpha value is -3.45. The highest BCUT2D eigenvalue weighted by atomic mass is 32.1. The average molecular weight is 568 g/mol. The Kier molecular flexibility index (Phi) is 7.26. The monoisotopic (exact) mass is 567 g/mol. The molecule has 4 aromatic heterocycles. The Labute approximate surface area is 233 Å². The number of carbonyl (C=O) groups excluding carboxylic acids is 1. The minimum Gasteiger partial charge on any atom is -0.439 e. The number of amides is 1. The summed E-state index contributed by atoms with van der Waals surface area (Å²) in [6, 6.07) is 6.02. The number of ether oxygens (including phenoxy) is 1. The van der Waals surface area contributed by atoms with Gasteiger partial charge < -0.3 is 36.2 Å². The number of hydrogen-bond acceptors (Lipinski definition) is 10. The van der Waals surface area contributed by atoms with Crippen LogP contribution in [0.3, 0.4) is 0 Å². The van der Waals surface area contributed by atoms with Crippen LogP contribution in [0.1, 0.15) is 36.2 Å². The van der Waals surface area contributed by atoms with E-state index in [0.29, 0.717) is 54.2 Å². The summed E-state index contributed by atoms with van der Waals surface area (Å²) in [5.41, 5.74) is 13.8. The first-order valence-electron chi connectivity index (χ1n) is 13.1. The van der Waals surface area contributed by atoms with E-state index < -0.39 is 5.91 Å². The standard InChI is InChI=1S/C27H30N6O4S2/c28-18-3-1-2-4-19(18)31-16-10-20(24(27(29)35)30-12-16)32-22-9-15(13-38-22)17-14-39-26-21(34)11-23(37-25(17)26)33-5-7-36-8-6-33/h9-14,18-19,31-32H,1-8,28H2,(H2,29,35)/p+1/t18-,19+/m1/s1. The first-order valence-corrected chi connectivity index (χ1v) is 14.9. The predicted molar refractivity (Wildman–Crippen MR) is 155 cm³/mol. The van der Waals surface area contributed by atoms with Gasteiger partial charge in [-0.2, -0.15) is 0 Å². The van der Waals surface area contributed by atoms with E-state index in [1.165, 1.54) is 35.5 Å². The lowest BCUT2D eigenvalue weighted by Crippen LogP contribution is -2.68. The molecule has 1 saturated carbocycles. The van der Waals surface area contributed by atoms with E-state index in [2.05, 4.69) is 21.4 Å². The number of carbonyl (C=O) groups is 1. The molecule has 1 amide bonds. The highest BCUT2D eigenvalue weighted by Gasteiger charge is 2.25. The highest BCUT2D eigenvalue weighted by Crippen LogP contribution is 2.39. The molecule has 2 fully saturated rings. The second-order valence-electron chi connectivity index (χ2n) is 9.96. The Bertz CT molecular complexity index is 1560. The zero-order valence-corrected chi connectivity index (χ0v) is 23.0. The van der Waals surface area contributed by atoms with Gasteiger partial charge in [0.05, 0.1) is 41.8 Å². The van der Waals surface area contributed by atoms with Crippen molar-refractivity contribution in [3.8, 4) is 11.1 Å². The number of fused-ring (bicyclic) bond motifs is 1. The lowest BCUT2D eigenvalue weighted by atomic mass is 9.91. The third kappa shape index (κ3) is 5.37. The van der Waals surface area contributed by atoms with Crippen LogP contribution in [-0.4, -0.2) is 49.3 Å². The van der Waals surface area contributed by atoms with Crippen molar-refractivity contribution in [1.82, 2.24) is 4.98 Å². The quantitative estimate of drug-likeness (QED) is 0.264. The van der Waals surface area contributed by atoms with E-state index in [1.54, 1.807) is 12.3 Å². The Morgan fingerprint density at radius 1 is 1.13 bits per heavy atom. The summed E-state index contributed by atoms with van der Waals surface area (Å²) in [6.07, 6.45) is 6.18. The van der Waals surface area contributed by atoms with Crippen LogP contribution in [0, 0.1) is 0 Å². The van der Waals surface area contributed by atoms with Gasteiger partial charge in [-0.1, -0.05) is 6.42 Å². The number of thiophene rings is 2. The van der Waals surface area contributed by atoms with E-state index in [0.717, 1.165) is 34.7 Å². The van der Waals surface area contributed by atoms with E-state index in [9.17, 15) is 9.59 Å². The summed E-state index contributed by atoms with van der Waals surface area (Å²) in [7, 11) is 0. The third-order valence-electron chi connectivity index (χ3n) is 7.30. The molecule has 2 atom stereocenters. The maximum atomic E-state index is 12.9. The molecule has 4 aromatic rings. The lowest BCUT2D eigenvalue weighted by Gasteiger charge is -2.27. The van der Waals surface area contributed by atoms with Gasteiger partial charge in [-0.05, 0) is 30.5 Å². The summed E-state index contributed by atoms with van der Waals surface area (Å²) >= 11 is 2.87. The van der Waals surface area contributed by atoms with Crippen molar-refractivity contribution in [1.29, 1.82) is 0 Å². The molecule has 204 valence electrons. The number of nitrogens with zero attached hydrogens (tertiary/aromatic N) is 2. The number of nitrogens with one attached hydrogen (secondary N) is 2. The fourth-order valence-electron chi connectivity index (χ4n) is 5.19. The topological polar surface area (TPSA) is 150 Å². The van der Waals surface area contributed by atoms with Crippen LogP contribution in [0.5, 0.6) is 0 Å². The van der Waals surface area contributed by atoms with E-state index in [-0.39, 0.29) is 17.2 Å². The summed E-state index contributed by atoms with van der Waals surface area (Å²) in [5, 5.41) is 11.6. The van der Waals surface area contributed by atoms with Crippen LogP contribution in [0.15, 0.2) is 44.4 Å². The van der Waals surface area contributed by atoms with Gasteiger partial charge in [0.25, 0.3) is 5.91 Å². The molecule has 5 heterocycles. The van der Waals surface area contributed by atoms with E-state index in [4.69, 9.17) is 14.9 Å². The summed E-state index contributed by atoms with van der Waals surface area (Å²) < 4.78 is 12.3. The number of morpholine rings is 1. The predicted octanol–water partition coefficient (Wildman–Crippen LogP) is 3.62. The number of anilines is 4. The summed E-state index contributed by atoms with van der Waals surface area (Å²) in [6.45, 7) is 2.57. The molecule has 7 N–H and O–H groups in total. The number of nitrogens with two attached hydrogens (primary N) is 1. The van der Waals surface area contributed by atoms with Crippen molar-refractivity contribution < 1.29 is 19.7 Å². The second kappa shape index (κ2) is 11.0. The molecular weight excluding hydrogens is 536 g/mol. The minimum atomic E-state index is -0.602. The van der Waals surface area contributed by atoms with Gasteiger partial charge >= 0.3 is 0 Å². The van der Waals surface area contributed by atoms with Gasteiger partial charge in [-0.15, -0.1) is 22.7 Å². The number of quaternary nitrogens is 1. The van der Waals surface area contributed by atoms with Crippen molar-refractivity contribution in [2.75, 3.05) is 41.8 Å². The van der Waals surface area contributed by atoms with Crippen molar-refractivity contribution in [2.24, 2.45) is 5.73 Å². The molecule has 0 unspecified atom stereocenters. The smallest absolute Gasteiger partial charge is 0.269 e.